The Balaban J connectivity index is 1.24. The topological polar surface area (TPSA) is 66.3 Å². The molecule has 7 nitrogen and oxygen atoms in total. The highest BCUT2D eigenvalue weighted by atomic mass is 16.1. The molecule has 7 heteroatoms. The molecule has 2 aromatic heterocycles. The number of carbonyl (C=O) groups excluding carboxylic acids is 1. The predicted molar refractivity (Wildman–Crippen MR) is 125 cm³/mol. The molecule has 0 aliphatic carbocycles. The summed E-state index contributed by atoms with van der Waals surface area (Å²) >= 11 is 0. The molecule has 0 bridgehead atoms. The molecule has 1 aromatic carbocycles. The highest BCUT2D eigenvalue weighted by Gasteiger charge is 2.18. The van der Waals surface area contributed by atoms with Crippen LogP contribution in [-0.4, -0.2) is 64.8 Å². The zero-order valence-corrected chi connectivity index (χ0v) is 19.0. The standard InChI is InChI=1S/C24H32N6O/c1-17-7-5-8-20(15-17)30-13-11-29(12-14-30)10-6-9-25-24(31)22-16-21-19(3)27-28(4)23(21)26-18(22)2/h5,7-8,15-16H,6,9-14H2,1-4H3,(H,25,31). The van der Waals surface area contributed by atoms with Crippen LogP contribution in [0.4, 0.5) is 5.69 Å². The molecule has 1 aliphatic rings. The van der Waals surface area contributed by atoms with Crippen molar-refractivity contribution >= 4 is 22.6 Å². The summed E-state index contributed by atoms with van der Waals surface area (Å²) in [5.74, 6) is -0.0561. The minimum atomic E-state index is -0.0561. The monoisotopic (exact) mass is 420 g/mol. The summed E-state index contributed by atoms with van der Waals surface area (Å²) in [5, 5.41) is 8.40. The molecule has 0 saturated carbocycles. The second kappa shape index (κ2) is 9.06. The number of benzene rings is 1. The fourth-order valence-corrected chi connectivity index (χ4v) is 4.32. The maximum atomic E-state index is 12.7. The zero-order chi connectivity index (χ0) is 22.0. The van der Waals surface area contributed by atoms with Gasteiger partial charge in [0, 0.05) is 50.8 Å². The van der Waals surface area contributed by atoms with Crippen molar-refractivity contribution in [2.24, 2.45) is 7.05 Å². The number of nitrogens with one attached hydrogen (secondary N) is 1. The lowest BCUT2D eigenvalue weighted by Gasteiger charge is -2.36. The van der Waals surface area contributed by atoms with Gasteiger partial charge in [0.25, 0.3) is 5.91 Å². The molecule has 164 valence electrons. The van der Waals surface area contributed by atoms with Gasteiger partial charge in [0.15, 0.2) is 5.65 Å². The van der Waals surface area contributed by atoms with Crippen LogP contribution in [0.25, 0.3) is 11.0 Å². The van der Waals surface area contributed by atoms with E-state index in [9.17, 15) is 4.79 Å². The number of aryl methyl sites for hydroxylation is 4. The van der Waals surface area contributed by atoms with Crippen LogP contribution in [0.3, 0.4) is 0 Å². The summed E-state index contributed by atoms with van der Waals surface area (Å²) in [6.45, 7) is 11.8. The Labute approximate surface area is 184 Å². The van der Waals surface area contributed by atoms with Crippen molar-refractivity contribution in [2.75, 3.05) is 44.2 Å². The predicted octanol–water partition coefficient (Wildman–Crippen LogP) is 2.84. The van der Waals surface area contributed by atoms with E-state index in [2.05, 4.69) is 56.4 Å². The highest BCUT2D eigenvalue weighted by Crippen LogP contribution is 2.20. The quantitative estimate of drug-likeness (QED) is 0.621. The molecule has 0 radical (unpaired) electrons. The van der Waals surface area contributed by atoms with Crippen molar-refractivity contribution in [1.82, 2.24) is 25.0 Å². The van der Waals surface area contributed by atoms with Gasteiger partial charge in [-0.3, -0.25) is 14.4 Å². The van der Waals surface area contributed by atoms with Crippen LogP contribution >= 0.6 is 0 Å². The molecule has 0 unspecified atom stereocenters. The molecular formula is C24H32N6O. The van der Waals surface area contributed by atoms with E-state index < -0.39 is 0 Å². The third-order valence-electron chi connectivity index (χ3n) is 6.11. The smallest absolute Gasteiger partial charge is 0.253 e. The lowest BCUT2D eigenvalue weighted by Crippen LogP contribution is -2.47. The van der Waals surface area contributed by atoms with Crippen molar-refractivity contribution in [3.8, 4) is 0 Å². The molecule has 3 aromatic rings. The molecule has 3 heterocycles. The number of amides is 1. The first-order chi connectivity index (χ1) is 14.9. The summed E-state index contributed by atoms with van der Waals surface area (Å²) in [4.78, 5) is 22.2. The van der Waals surface area contributed by atoms with Gasteiger partial charge in [-0.05, 0) is 57.5 Å². The summed E-state index contributed by atoms with van der Waals surface area (Å²) in [5.41, 5.74) is 5.70. The molecule has 1 saturated heterocycles. The van der Waals surface area contributed by atoms with Gasteiger partial charge in [-0.2, -0.15) is 5.10 Å². The third kappa shape index (κ3) is 4.71. The SMILES string of the molecule is Cc1cccc(N2CCN(CCCNC(=O)c3cc4c(C)nn(C)c4nc3C)CC2)c1. The van der Waals surface area contributed by atoms with E-state index in [-0.39, 0.29) is 5.91 Å². The Hall–Kier alpha value is -2.93. The number of pyridine rings is 1. The number of anilines is 1. The van der Waals surface area contributed by atoms with Crippen molar-refractivity contribution in [2.45, 2.75) is 27.2 Å². The maximum Gasteiger partial charge on any atom is 0.253 e. The summed E-state index contributed by atoms with van der Waals surface area (Å²) in [7, 11) is 1.88. The van der Waals surface area contributed by atoms with Crippen LogP contribution < -0.4 is 10.2 Å². The second-order valence-electron chi connectivity index (χ2n) is 8.48. The Bertz CT molecular complexity index is 1080. The Kier molecular flexibility index (Phi) is 6.23. The molecule has 1 fully saturated rings. The first-order valence-corrected chi connectivity index (χ1v) is 11.1. The number of piperazine rings is 1. The van der Waals surface area contributed by atoms with E-state index in [0.717, 1.165) is 61.6 Å². The molecule has 4 rings (SSSR count). The summed E-state index contributed by atoms with van der Waals surface area (Å²) < 4.78 is 1.76. The Morgan fingerprint density at radius 3 is 2.58 bits per heavy atom. The van der Waals surface area contributed by atoms with Gasteiger partial charge in [-0.15, -0.1) is 0 Å². The van der Waals surface area contributed by atoms with Crippen molar-refractivity contribution in [3.05, 3.63) is 52.8 Å². The lowest BCUT2D eigenvalue weighted by atomic mass is 10.1. The molecule has 1 N–H and O–H groups in total. The van der Waals surface area contributed by atoms with Gasteiger partial charge < -0.3 is 10.2 Å². The van der Waals surface area contributed by atoms with Crippen LogP contribution in [0, 0.1) is 20.8 Å². The normalized spacial score (nSPS) is 14.9. The number of rotatable bonds is 6. The van der Waals surface area contributed by atoms with Crippen LogP contribution in [0.2, 0.25) is 0 Å². The number of carbonyl (C=O) groups is 1. The Morgan fingerprint density at radius 1 is 1.06 bits per heavy atom. The van der Waals surface area contributed by atoms with Gasteiger partial charge >= 0.3 is 0 Å². The Morgan fingerprint density at radius 2 is 1.84 bits per heavy atom. The summed E-state index contributed by atoms with van der Waals surface area (Å²) in [6, 6.07) is 10.6. The molecule has 0 spiro atoms. The van der Waals surface area contributed by atoms with Crippen LogP contribution in [0.1, 0.15) is 33.7 Å². The van der Waals surface area contributed by atoms with E-state index in [4.69, 9.17) is 0 Å². The molecule has 31 heavy (non-hydrogen) atoms. The first-order valence-electron chi connectivity index (χ1n) is 11.1. The van der Waals surface area contributed by atoms with Gasteiger partial charge in [0.1, 0.15) is 0 Å². The first kappa shape index (κ1) is 21.3. The number of aromatic nitrogens is 3. The van der Waals surface area contributed by atoms with Crippen molar-refractivity contribution in [1.29, 1.82) is 0 Å². The lowest BCUT2D eigenvalue weighted by molar-refractivity contribution is 0.0950. The molecule has 1 aliphatic heterocycles. The van der Waals surface area contributed by atoms with Gasteiger partial charge in [-0.1, -0.05) is 12.1 Å². The van der Waals surface area contributed by atoms with Crippen molar-refractivity contribution < 1.29 is 4.79 Å². The van der Waals surface area contributed by atoms with E-state index >= 15 is 0 Å². The van der Waals surface area contributed by atoms with E-state index in [1.54, 1.807) is 4.68 Å². The fraction of sp³-hybridized carbons (Fsp3) is 0.458. The molecule has 1 amide bonds. The van der Waals surface area contributed by atoms with Gasteiger partial charge in [0.05, 0.1) is 17.0 Å². The number of hydrogen-bond acceptors (Lipinski definition) is 5. The van der Waals surface area contributed by atoms with Gasteiger partial charge in [0.2, 0.25) is 0 Å². The minimum Gasteiger partial charge on any atom is -0.369 e. The molecular weight excluding hydrogens is 388 g/mol. The second-order valence-corrected chi connectivity index (χ2v) is 8.48. The van der Waals surface area contributed by atoms with E-state index in [1.807, 2.05) is 27.0 Å². The van der Waals surface area contributed by atoms with E-state index in [0.29, 0.717) is 12.1 Å². The average Bonchev–Trinajstić information content (AvgIpc) is 3.03. The van der Waals surface area contributed by atoms with Crippen LogP contribution in [0.15, 0.2) is 30.3 Å². The van der Waals surface area contributed by atoms with Crippen LogP contribution in [0.5, 0.6) is 0 Å². The molecule has 0 atom stereocenters. The highest BCUT2D eigenvalue weighted by molar-refractivity contribution is 5.98. The maximum absolute atomic E-state index is 12.7. The van der Waals surface area contributed by atoms with E-state index in [1.165, 1.54) is 11.3 Å². The average molecular weight is 421 g/mol. The van der Waals surface area contributed by atoms with Gasteiger partial charge in [-0.25, -0.2) is 4.98 Å². The number of nitrogens with zero attached hydrogens (tertiary/aromatic N) is 5. The summed E-state index contributed by atoms with van der Waals surface area (Å²) in [6.07, 6.45) is 0.941. The fourth-order valence-electron chi connectivity index (χ4n) is 4.32. The third-order valence-corrected chi connectivity index (χ3v) is 6.11. The largest absolute Gasteiger partial charge is 0.369 e. The minimum absolute atomic E-state index is 0.0561. The number of hydrogen-bond donors (Lipinski definition) is 1. The van der Waals surface area contributed by atoms with Crippen LogP contribution in [-0.2, 0) is 7.05 Å². The number of fused-ring (bicyclic) bond motifs is 1. The zero-order valence-electron chi connectivity index (χ0n) is 19.0. The van der Waals surface area contributed by atoms with Crippen molar-refractivity contribution in [3.63, 3.8) is 0 Å².